The fourth-order valence-corrected chi connectivity index (χ4v) is 2.97. The van der Waals surface area contributed by atoms with Crippen LogP contribution in [0.3, 0.4) is 0 Å². The number of ether oxygens (including phenoxy) is 1. The maximum Gasteiger partial charge on any atom is 0.232 e. The van der Waals surface area contributed by atoms with Gasteiger partial charge in [0.25, 0.3) is 0 Å². The molecule has 136 valence electrons. The van der Waals surface area contributed by atoms with E-state index in [1.54, 1.807) is 0 Å². The Hall–Kier alpha value is -1.92. The highest BCUT2D eigenvalue weighted by Crippen LogP contribution is 2.24. The van der Waals surface area contributed by atoms with E-state index in [-0.39, 0.29) is 5.41 Å². The molecule has 0 amide bonds. The molecule has 0 radical (unpaired) electrons. The largest absolute Gasteiger partial charge is 0.378 e. The first-order valence-electron chi connectivity index (χ1n) is 8.86. The lowest BCUT2D eigenvalue weighted by Crippen LogP contribution is -2.37. The van der Waals surface area contributed by atoms with E-state index in [9.17, 15) is 0 Å². The second-order valence-corrected chi connectivity index (χ2v) is 7.67. The summed E-state index contributed by atoms with van der Waals surface area (Å²) in [5.41, 5.74) is 2.49. The van der Waals surface area contributed by atoms with Crippen LogP contribution >= 0.6 is 0 Å². The number of rotatable bonds is 5. The van der Waals surface area contributed by atoms with E-state index < -0.39 is 0 Å². The quantitative estimate of drug-likeness (QED) is 0.831. The third-order valence-corrected chi connectivity index (χ3v) is 4.30. The zero-order valence-corrected chi connectivity index (χ0v) is 15.7. The first kappa shape index (κ1) is 17.9. The first-order valence-corrected chi connectivity index (χ1v) is 8.86. The van der Waals surface area contributed by atoms with Gasteiger partial charge in [-0.2, -0.15) is 4.98 Å². The number of anilines is 1. The molecule has 1 fully saturated rings. The second kappa shape index (κ2) is 7.54. The smallest absolute Gasteiger partial charge is 0.232 e. The predicted octanol–water partition coefficient (Wildman–Crippen LogP) is 2.84. The van der Waals surface area contributed by atoms with Gasteiger partial charge in [-0.1, -0.05) is 44.1 Å². The number of nitrogens with zero attached hydrogens (tertiary/aromatic N) is 4. The van der Waals surface area contributed by atoms with Gasteiger partial charge in [0.2, 0.25) is 5.89 Å². The number of hydrogen-bond donors (Lipinski definition) is 0. The summed E-state index contributed by atoms with van der Waals surface area (Å²) in [6.07, 6.45) is 0. The number of aromatic nitrogens is 2. The van der Waals surface area contributed by atoms with E-state index in [1.807, 2.05) is 0 Å². The summed E-state index contributed by atoms with van der Waals surface area (Å²) in [4.78, 5) is 9.15. The van der Waals surface area contributed by atoms with Gasteiger partial charge in [-0.05, 0) is 18.7 Å². The molecule has 6 heteroatoms. The normalized spacial score (nSPS) is 15.8. The van der Waals surface area contributed by atoms with Crippen molar-refractivity contribution in [3.05, 3.63) is 41.5 Å². The molecular formula is C19H28N4O2. The molecule has 1 aromatic carbocycles. The number of benzene rings is 1. The van der Waals surface area contributed by atoms with Gasteiger partial charge in [0.1, 0.15) is 0 Å². The minimum absolute atomic E-state index is 0.118. The van der Waals surface area contributed by atoms with E-state index in [4.69, 9.17) is 9.26 Å². The Labute approximate surface area is 149 Å². The van der Waals surface area contributed by atoms with Crippen molar-refractivity contribution in [2.24, 2.45) is 0 Å². The molecule has 0 spiro atoms. The van der Waals surface area contributed by atoms with Crippen molar-refractivity contribution in [2.75, 3.05) is 38.3 Å². The zero-order chi connectivity index (χ0) is 17.9. The fraction of sp³-hybridized carbons (Fsp3) is 0.579. The maximum atomic E-state index is 5.47. The summed E-state index contributed by atoms with van der Waals surface area (Å²) < 4.78 is 10.9. The van der Waals surface area contributed by atoms with E-state index in [1.165, 1.54) is 11.3 Å². The van der Waals surface area contributed by atoms with Gasteiger partial charge in [-0.25, -0.2) is 0 Å². The summed E-state index contributed by atoms with van der Waals surface area (Å²) in [6, 6.07) is 8.58. The Kier molecular flexibility index (Phi) is 5.39. The average Bonchev–Trinajstić information content (AvgIpc) is 3.05. The van der Waals surface area contributed by atoms with Gasteiger partial charge in [-0.3, -0.25) is 4.90 Å². The van der Waals surface area contributed by atoms with Crippen molar-refractivity contribution < 1.29 is 9.26 Å². The van der Waals surface area contributed by atoms with Crippen LogP contribution in [0.2, 0.25) is 0 Å². The van der Waals surface area contributed by atoms with Crippen LogP contribution < -0.4 is 4.90 Å². The zero-order valence-electron chi connectivity index (χ0n) is 15.7. The van der Waals surface area contributed by atoms with E-state index >= 15 is 0 Å². The van der Waals surface area contributed by atoms with E-state index in [0.29, 0.717) is 12.4 Å². The molecule has 1 aromatic heterocycles. The van der Waals surface area contributed by atoms with Crippen LogP contribution in [-0.4, -0.2) is 48.4 Å². The fourth-order valence-electron chi connectivity index (χ4n) is 2.97. The van der Waals surface area contributed by atoms with Crippen LogP contribution in [0.4, 0.5) is 5.69 Å². The van der Waals surface area contributed by atoms with Gasteiger partial charge in [0.15, 0.2) is 5.82 Å². The molecule has 0 unspecified atom stereocenters. The first-order chi connectivity index (χ1) is 11.9. The maximum absolute atomic E-state index is 5.47. The molecule has 0 bridgehead atoms. The van der Waals surface area contributed by atoms with Gasteiger partial charge in [-0.15, -0.1) is 0 Å². The van der Waals surface area contributed by atoms with Crippen LogP contribution in [0.1, 0.15) is 38.0 Å². The second-order valence-electron chi connectivity index (χ2n) is 7.67. The Morgan fingerprint density at radius 3 is 2.52 bits per heavy atom. The van der Waals surface area contributed by atoms with Gasteiger partial charge in [0.05, 0.1) is 19.8 Å². The number of hydrogen-bond acceptors (Lipinski definition) is 6. The molecule has 25 heavy (non-hydrogen) atoms. The summed E-state index contributed by atoms with van der Waals surface area (Å²) in [7, 11) is 2.09. The van der Waals surface area contributed by atoms with Crippen molar-refractivity contribution in [1.82, 2.24) is 15.0 Å². The van der Waals surface area contributed by atoms with Gasteiger partial charge >= 0.3 is 0 Å². The SMILES string of the molecule is CN(Cc1noc(C(C)(C)C)n1)Cc1ccccc1N1CCOCC1. The molecule has 3 rings (SSSR count). The Bertz CT molecular complexity index is 687. The van der Waals surface area contributed by atoms with E-state index in [0.717, 1.165) is 38.7 Å². The van der Waals surface area contributed by atoms with Crippen molar-refractivity contribution in [3.8, 4) is 0 Å². The minimum Gasteiger partial charge on any atom is -0.378 e. The van der Waals surface area contributed by atoms with Crippen LogP contribution in [0.25, 0.3) is 0 Å². The molecular weight excluding hydrogens is 316 g/mol. The highest BCUT2D eigenvalue weighted by molar-refractivity contribution is 5.53. The summed E-state index contributed by atoms with van der Waals surface area (Å²) in [5.74, 6) is 1.42. The van der Waals surface area contributed by atoms with Crippen molar-refractivity contribution in [1.29, 1.82) is 0 Å². The average molecular weight is 344 g/mol. The third kappa shape index (κ3) is 4.58. The highest BCUT2D eigenvalue weighted by atomic mass is 16.5. The molecule has 1 aliphatic rings. The lowest BCUT2D eigenvalue weighted by atomic mass is 9.97. The molecule has 1 aliphatic heterocycles. The predicted molar refractivity (Wildman–Crippen MR) is 97.6 cm³/mol. The van der Waals surface area contributed by atoms with Crippen LogP contribution in [0.15, 0.2) is 28.8 Å². The monoisotopic (exact) mass is 344 g/mol. The summed E-state index contributed by atoms with van der Waals surface area (Å²) >= 11 is 0. The minimum atomic E-state index is -0.118. The third-order valence-electron chi connectivity index (χ3n) is 4.30. The van der Waals surface area contributed by atoms with Crippen molar-refractivity contribution >= 4 is 5.69 Å². The van der Waals surface area contributed by atoms with Crippen LogP contribution in [0, 0.1) is 0 Å². The van der Waals surface area contributed by atoms with Gasteiger partial charge < -0.3 is 14.2 Å². The molecule has 0 atom stereocenters. The molecule has 2 aromatic rings. The van der Waals surface area contributed by atoms with Crippen molar-refractivity contribution in [2.45, 2.75) is 39.3 Å². The molecule has 1 saturated heterocycles. The number of para-hydroxylation sites is 1. The highest BCUT2D eigenvalue weighted by Gasteiger charge is 2.22. The lowest BCUT2D eigenvalue weighted by molar-refractivity contribution is 0.122. The van der Waals surface area contributed by atoms with Crippen LogP contribution in [0.5, 0.6) is 0 Å². The lowest BCUT2D eigenvalue weighted by Gasteiger charge is -2.31. The molecule has 2 heterocycles. The summed E-state index contributed by atoms with van der Waals surface area (Å²) in [6.45, 7) is 11.2. The van der Waals surface area contributed by atoms with Crippen LogP contribution in [-0.2, 0) is 23.2 Å². The Morgan fingerprint density at radius 1 is 1.12 bits per heavy atom. The molecule has 0 saturated carbocycles. The van der Waals surface area contributed by atoms with E-state index in [2.05, 4.69) is 72.0 Å². The standard InChI is InChI=1S/C19H28N4O2/c1-19(2,3)18-20-17(21-25-18)14-22(4)13-15-7-5-6-8-16(15)23-9-11-24-12-10-23/h5-8H,9-14H2,1-4H3. The number of morpholine rings is 1. The Morgan fingerprint density at radius 2 is 1.84 bits per heavy atom. The van der Waals surface area contributed by atoms with Crippen molar-refractivity contribution in [3.63, 3.8) is 0 Å². The molecule has 0 aliphatic carbocycles. The molecule has 0 N–H and O–H groups in total. The van der Waals surface area contributed by atoms with Gasteiger partial charge in [0, 0.05) is 30.7 Å². The Balaban J connectivity index is 1.67. The molecule has 6 nitrogen and oxygen atoms in total. The topological polar surface area (TPSA) is 54.6 Å². The summed E-state index contributed by atoms with van der Waals surface area (Å²) in [5, 5.41) is 4.12.